The Morgan fingerprint density at radius 1 is 0.939 bits per heavy atom. The molecule has 0 radical (unpaired) electrons. The first-order valence-electron chi connectivity index (χ1n) is 10.8. The highest BCUT2D eigenvalue weighted by atomic mass is 32.2. The summed E-state index contributed by atoms with van der Waals surface area (Å²) in [4.78, 5) is 21.2. The number of amides is 1. The van der Waals surface area contributed by atoms with Crippen LogP contribution >= 0.6 is 0 Å². The van der Waals surface area contributed by atoms with Crippen molar-refractivity contribution >= 4 is 15.9 Å². The molecule has 9 heteroatoms. The number of hydrogen-bond acceptors (Lipinski definition) is 5. The molecule has 0 fully saturated rings. The summed E-state index contributed by atoms with van der Waals surface area (Å²) >= 11 is 0. The number of nitrogens with zero attached hydrogens (tertiary/aromatic N) is 3. The molecule has 0 atom stereocenters. The summed E-state index contributed by atoms with van der Waals surface area (Å²) in [7, 11) is -3.73. The van der Waals surface area contributed by atoms with Crippen LogP contribution in [0.2, 0.25) is 0 Å². The molecule has 0 aliphatic heterocycles. The first-order valence-corrected chi connectivity index (χ1v) is 12.3. The van der Waals surface area contributed by atoms with Crippen molar-refractivity contribution in [3.8, 4) is 5.82 Å². The minimum atomic E-state index is -3.73. The molecule has 2 heterocycles. The van der Waals surface area contributed by atoms with Crippen LogP contribution in [0.3, 0.4) is 0 Å². The highest BCUT2D eigenvalue weighted by Gasteiger charge is 2.23. The average Bonchev–Trinajstić information content (AvgIpc) is 3.21. The van der Waals surface area contributed by atoms with E-state index in [4.69, 9.17) is 0 Å². The number of imidazole rings is 1. The number of carbonyl (C=O) groups excluding carboxylic acids is 1. The normalized spacial score (nSPS) is 11.6. The fourth-order valence-corrected chi connectivity index (χ4v) is 5.48. The van der Waals surface area contributed by atoms with Crippen molar-refractivity contribution in [3.05, 3.63) is 69.9 Å². The number of aryl methyl sites for hydroxylation is 1. The SMILES string of the molecule is Cc1c(C)c(C)c(S(=O)(=O)NCCC(=O)NCc2ccnc(-n3ccnc3C)c2)c(C)c1C. The van der Waals surface area contributed by atoms with E-state index in [0.717, 1.165) is 45.0 Å². The van der Waals surface area contributed by atoms with Crippen molar-refractivity contribution in [1.82, 2.24) is 24.6 Å². The predicted octanol–water partition coefficient (Wildman–Crippen LogP) is 3.10. The molecule has 0 saturated heterocycles. The summed E-state index contributed by atoms with van der Waals surface area (Å²) in [6.07, 6.45) is 5.25. The van der Waals surface area contributed by atoms with Crippen molar-refractivity contribution in [1.29, 1.82) is 0 Å². The lowest BCUT2D eigenvalue weighted by atomic mass is 9.95. The molecule has 1 amide bonds. The first kappa shape index (κ1) is 24.6. The van der Waals surface area contributed by atoms with Crippen LogP contribution in [0.15, 0.2) is 35.6 Å². The molecule has 0 saturated carbocycles. The minimum absolute atomic E-state index is 0.0227. The molecule has 2 aromatic heterocycles. The van der Waals surface area contributed by atoms with Gasteiger partial charge < -0.3 is 5.32 Å². The zero-order chi connectivity index (χ0) is 24.3. The second-order valence-electron chi connectivity index (χ2n) is 8.25. The fourth-order valence-electron chi connectivity index (χ4n) is 3.85. The van der Waals surface area contributed by atoms with Gasteiger partial charge in [0.25, 0.3) is 0 Å². The zero-order valence-corrected chi connectivity index (χ0v) is 20.8. The van der Waals surface area contributed by atoms with Crippen LogP contribution in [0.4, 0.5) is 0 Å². The maximum Gasteiger partial charge on any atom is 0.241 e. The summed E-state index contributed by atoms with van der Waals surface area (Å²) < 4.78 is 30.4. The molecule has 0 spiro atoms. The number of carbonyl (C=O) groups is 1. The second kappa shape index (κ2) is 9.84. The van der Waals surface area contributed by atoms with Gasteiger partial charge in [-0.1, -0.05) is 0 Å². The molecule has 0 bridgehead atoms. The van der Waals surface area contributed by atoms with Crippen molar-refractivity contribution in [2.75, 3.05) is 6.54 Å². The van der Waals surface area contributed by atoms with Crippen molar-refractivity contribution in [3.63, 3.8) is 0 Å². The Labute approximate surface area is 195 Å². The quantitative estimate of drug-likeness (QED) is 0.527. The number of benzene rings is 1. The number of rotatable bonds is 8. The summed E-state index contributed by atoms with van der Waals surface area (Å²) in [6.45, 7) is 11.7. The van der Waals surface area contributed by atoms with Gasteiger partial charge in [0.2, 0.25) is 15.9 Å². The van der Waals surface area contributed by atoms with E-state index in [1.54, 1.807) is 12.4 Å². The number of pyridine rings is 1. The van der Waals surface area contributed by atoms with Crippen LogP contribution in [0.1, 0.15) is 45.6 Å². The van der Waals surface area contributed by atoms with Crippen LogP contribution in [0, 0.1) is 41.5 Å². The maximum absolute atomic E-state index is 13.0. The average molecular weight is 470 g/mol. The number of nitrogens with one attached hydrogen (secondary N) is 2. The molecular formula is C24H31N5O3S. The van der Waals surface area contributed by atoms with Gasteiger partial charge in [-0.05, 0) is 87.1 Å². The minimum Gasteiger partial charge on any atom is -0.352 e. The lowest BCUT2D eigenvalue weighted by molar-refractivity contribution is -0.121. The lowest BCUT2D eigenvalue weighted by Crippen LogP contribution is -2.31. The Hall–Kier alpha value is -3.04. The third kappa shape index (κ3) is 5.31. The number of hydrogen-bond donors (Lipinski definition) is 2. The highest BCUT2D eigenvalue weighted by molar-refractivity contribution is 7.89. The van der Waals surface area contributed by atoms with Gasteiger partial charge in [0.15, 0.2) is 0 Å². The van der Waals surface area contributed by atoms with Gasteiger partial charge in [-0.2, -0.15) is 0 Å². The van der Waals surface area contributed by atoms with E-state index in [-0.39, 0.29) is 18.9 Å². The Kier molecular flexibility index (Phi) is 7.34. The van der Waals surface area contributed by atoms with Crippen LogP contribution in [0.25, 0.3) is 5.82 Å². The molecule has 0 unspecified atom stereocenters. The van der Waals surface area contributed by atoms with Gasteiger partial charge in [0.05, 0.1) is 4.90 Å². The second-order valence-corrected chi connectivity index (χ2v) is 9.95. The standard InChI is InChI=1S/C24H31N5O3S/c1-15-16(2)18(4)24(19(5)17(15)3)33(31,32)28-10-8-23(30)27-14-21-7-9-26-22(13-21)29-12-11-25-20(29)6/h7,9,11-13,28H,8,10,14H2,1-6H3,(H,27,30). The van der Waals surface area contributed by atoms with Crippen LogP contribution in [0.5, 0.6) is 0 Å². The van der Waals surface area contributed by atoms with Crippen LogP contribution in [-0.4, -0.2) is 35.4 Å². The summed E-state index contributed by atoms with van der Waals surface area (Å²) in [5.41, 5.74) is 5.42. The van der Waals surface area contributed by atoms with E-state index in [0.29, 0.717) is 11.4 Å². The Bertz CT molecular complexity index is 1270. The largest absolute Gasteiger partial charge is 0.352 e. The predicted molar refractivity (Wildman–Crippen MR) is 128 cm³/mol. The lowest BCUT2D eigenvalue weighted by Gasteiger charge is -2.19. The maximum atomic E-state index is 13.0. The molecule has 3 rings (SSSR count). The summed E-state index contributed by atoms with van der Waals surface area (Å²) in [6, 6.07) is 3.71. The number of sulfonamides is 1. The fraction of sp³-hybridized carbons (Fsp3) is 0.375. The van der Waals surface area contributed by atoms with Gasteiger partial charge in [0.1, 0.15) is 11.6 Å². The van der Waals surface area contributed by atoms with Crippen molar-refractivity contribution in [2.45, 2.75) is 59.4 Å². The van der Waals surface area contributed by atoms with Crippen LogP contribution in [-0.2, 0) is 21.4 Å². The topological polar surface area (TPSA) is 106 Å². The Morgan fingerprint density at radius 3 is 2.18 bits per heavy atom. The molecule has 3 aromatic rings. The smallest absolute Gasteiger partial charge is 0.241 e. The van der Waals surface area contributed by atoms with Crippen molar-refractivity contribution < 1.29 is 13.2 Å². The monoisotopic (exact) mass is 469 g/mol. The van der Waals surface area contributed by atoms with E-state index in [9.17, 15) is 13.2 Å². The molecular weight excluding hydrogens is 438 g/mol. The summed E-state index contributed by atoms with van der Waals surface area (Å²) in [5, 5.41) is 2.83. The van der Waals surface area contributed by atoms with E-state index < -0.39 is 10.0 Å². The Balaban J connectivity index is 1.59. The van der Waals surface area contributed by atoms with E-state index >= 15 is 0 Å². The highest BCUT2D eigenvalue weighted by Crippen LogP contribution is 2.29. The molecule has 0 aliphatic rings. The third-order valence-electron chi connectivity index (χ3n) is 6.22. The van der Waals surface area contributed by atoms with Gasteiger partial charge in [-0.15, -0.1) is 0 Å². The van der Waals surface area contributed by atoms with E-state index in [1.807, 2.05) is 64.4 Å². The molecule has 33 heavy (non-hydrogen) atoms. The molecule has 1 aromatic carbocycles. The molecule has 2 N–H and O–H groups in total. The van der Waals surface area contributed by atoms with Gasteiger partial charge in [-0.3, -0.25) is 9.36 Å². The molecule has 0 aliphatic carbocycles. The van der Waals surface area contributed by atoms with Gasteiger partial charge >= 0.3 is 0 Å². The molecule has 8 nitrogen and oxygen atoms in total. The molecule has 176 valence electrons. The summed E-state index contributed by atoms with van der Waals surface area (Å²) in [5.74, 6) is 1.30. The zero-order valence-electron chi connectivity index (χ0n) is 20.0. The van der Waals surface area contributed by atoms with Gasteiger partial charge in [0, 0.05) is 38.1 Å². The van der Waals surface area contributed by atoms with E-state index in [1.165, 1.54) is 0 Å². The van der Waals surface area contributed by atoms with Gasteiger partial charge in [-0.25, -0.2) is 23.1 Å². The first-order chi connectivity index (χ1) is 15.5. The van der Waals surface area contributed by atoms with Crippen molar-refractivity contribution in [2.24, 2.45) is 0 Å². The Morgan fingerprint density at radius 2 is 1.58 bits per heavy atom. The van der Waals surface area contributed by atoms with Crippen LogP contribution < -0.4 is 10.0 Å². The number of aromatic nitrogens is 3. The third-order valence-corrected chi connectivity index (χ3v) is 7.95. The van der Waals surface area contributed by atoms with E-state index in [2.05, 4.69) is 20.0 Å².